The second-order valence-electron chi connectivity index (χ2n) is 6.68. The molecule has 10 heteroatoms. The Kier molecular flexibility index (Phi) is 7.79. The first-order valence-corrected chi connectivity index (χ1v) is 9.02. The summed E-state index contributed by atoms with van der Waals surface area (Å²) in [4.78, 5) is 36.4. The minimum absolute atomic E-state index is 0.307. The third-order valence-corrected chi connectivity index (χ3v) is 4.00. The molecule has 0 bridgehead atoms. The fourth-order valence-corrected chi connectivity index (χ4v) is 2.46. The largest absolute Gasteiger partial charge is 0.345 e. The molecule has 0 aliphatic carbocycles. The monoisotopic (exact) mass is 422 g/mol. The van der Waals surface area contributed by atoms with Crippen LogP contribution in [0.5, 0.6) is 0 Å². The second kappa shape index (κ2) is 10.3. The highest BCUT2D eigenvalue weighted by Crippen LogP contribution is 2.19. The van der Waals surface area contributed by atoms with Gasteiger partial charge in [0, 0.05) is 5.69 Å². The van der Waals surface area contributed by atoms with Crippen LogP contribution in [0.1, 0.15) is 13.8 Å². The number of carbonyl (C=O) groups is 3. The Balaban J connectivity index is 1.91. The summed E-state index contributed by atoms with van der Waals surface area (Å²) in [6.07, 6.45) is 0. The average Bonchev–Trinajstić information content (AvgIpc) is 2.71. The van der Waals surface area contributed by atoms with Crippen molar-refractivity contribution in [3.8, 4) is 0 Å². The third kappa shape index (κ3) is 6.23. The molecule has 0 aliphatic rings. The van der Waals surface area contributed by atoms with Gasteiger partial charge in [-0.25, -0.2) is 18.0 Å². The van der Waals surface area contributed by atoms with Crippen molar-refractivity contribution in [3.63, 3.8) is 0 Å². The van der Waals surface area contributed by atoms with Crippen molar-refractivity contribution in [2.24, 2.45) is 5.92 Å². The van der Waals surface area contributed by atoms with Gasteiger partial charge in [0.25, 0.3) is 0 Å². The summed E-state index contributed by atoms with van der Waals surface area (Å²) in [7, 11) is 0. The van der Waals surface area contributed by atoms with Gasteiger partial charge >= 0.3 is 6.03 Å². The van der Waals surface area contributed by atoms with Gasteiger partial charge in [-0.2, -0.15) is 0 Å². The zero-order valence-corrected chi connectivity index (χ0v) is 16.3. The molecule has 0 aromatic heterocycles. The molecule has 0 saturated carbocycles. The van der Waals surface area contributed by atoms with E-state index in [4.69, 9.17) is 0 Å². The van der Waals surface area contributed by atoms with Gasteiger partial charge in [-0.15, -0.1) is 0 Å². The van der Waals surface area contributed by atoms with Crippen LogP contribution in [-0.2, 0) is 9.59 Å². The van der Waals surface area contributed by atoms with Crippen LogP contribution in [0.2, 0.25) is 0 Å². The lowest BCUT2D eigenvalue weighted by Crippen LogP contribution is -2.52. The number of urea groups is 1. The fraction of sp³-hybridized carbons (Fsp3) is 0.250. The van der Waals surface area contributed by atoms with Crippen molar-refractivity contribution < 1.29 is 27.6 Å². The van der Waals surface area contributed by atoms with E-state index in [0.29, 0.717) is 11.8 Å². The van der Waals surface area contributed by atoms with Crippen LogP contribution >= 0.6 is 0 Å². The second-order valence-corrected chi connectivity index (χ2v) is 6.68. The number of halogens is 3. The molecule has 4 N–H and O–H groups in total. The maximum atomic E-state index is 13.6. The van der Waals surface area contributed by atoms with Crippen LogP contribution in [0.4, 0.5) is 29.3 Å². The Morgan fingerprint density at radius 2 is 1.57 bits per heavy atom. The average molecular weight is 422 g/mol. The fourth-order valence-electron chi connectivity index (χ4n) is 2.46. The minimum atomic E-state index is -1.72. The lowest BCUT2D eigenvalue weighted by atomic mass is 10.0. The van der Waals surface area contributed by atoms with E-state index in [1.54, 1.807) is 44.2 Å². The Bertz CT molecular complexity index is 923. The number of carbonyl (C=O) groups excluding carboxylic acids is 3. The Morgan fingerprint density at radius 3 is 2.20 bits per heavy atom. The van der Waals surface area contributed by atoms with Crippen molar-refractivity contribution in [3.05, 3.63) is 59.9 Å². The lowest BCUT2D eigenvalue weighted by Gasteiger charge is -2.22. The quantitative estimate of drug-likeness (QED) is 0.516. The highest BCUT2D eigenvalue weighted by atomic mass is 19.2. The first-order valence-electron chi connectivity index (χ1n) is 9.02. The molecule has 2 rings (SSSR count). The molecule has 0 fully saturated rings. The summed E-state index contributed by atoms with van der Waals surface area (Å²) in [6, 6.07) is 8.55. The predicted molar refractivity (Wildman–Crippen MR) is 105 cm³/mol. The molecule has 0 heterocycles. The number of hydrogen-bond donors (Lipinski definition) is 4. The highest BCUT2D eigenvalue weighted by Gasteiger charge is 2.25. The maximum absolute atomic E-state index is 13.6. The molecule has 0 saturated heterocycles. The number of hydrogen-bond acceptors (Lipinski definition) is 3. The van der Waals surface area contributed by atoms with Gasteiger partial charge in [0.1, 0.15) is 6.04 Å². The van der Waals surface area contributed by atoms with E-state index in [1.807, 2.05) is 5.32 Å². The highest BCUT2D eigenvalue weighted by molar-refractivity contribution is 5.97. The van der Waals surface area contributed by atoms with Gasteiger partial charge in [0.2, 0.25) is 11.8 Å². The number of para-hydroxylation sites is 1. The van der Waals surface area contributed by atoms with E-state index >= 15 is 0 Å². The first kappa shape index (κ1) is 22.7. The number of amides is 4. The van der Waals surface area contributed by atoms with Gasteiger partial charge in [-0.1, -0.05) is 32.0 Å². The Morgan fingerprint density at radius 1 is 0.900 bits per heavy atom. The molecule has 30 heavy (non-hydrogen) atoms. The van der Waals surface area contributed by atoms with Crippen molar-refractivity contribution in [1.29, 1.82) is 0 Å². The van der Waals surface area contributed by atoms with Gasteiger partial charge in [0.15, 0.2) is 17.5 Å². The molecule has 1 unspecified atom stereocenters. The number of benzene rings is 2. The molecule has 4 amide bonds. The van der Waals surface area contributed by atoms with E-state index in [0.717, 1.165) is 6.07 Å². The van der Waals surface area contributed by atoms with Crippen molar-refractivity contribution in [1.82, 2.24) is 10.6 Å². The number of rotatable bonds is 7. The normalized spacial score (nSPS) is 11.5. The Hall–Kier alpha value is -3.56. The van der Waals surface area contributed by atoms with E-state index in [2.05, 4.69) is 16.0 Å². The Labute approximate surface area is 171 Å². The van der Waals surface area contributed by atoms with Crippen molar-refractivity contribution in [2.75, 3.05) is 17.2 Å². The molecule has 0 spiro atoms. The first-order chi connectivity index (χ1) is 14.2. The standard InChI is InChI=1S/C20H21F3N4O3/c1-11(2)18(27-20(30)25-12-6-4-3-5-7-12)19(29)24-10-15(28)26-14-9-8-13(21)16(22)17(14)23/h3-9,11,18H,10H2,1-2H3,(H,24,29)(H,26,28)(H2,25,27,30). The molecule has 0 radical (unpaired) electrons. The van der Waals surface area contributed by atoms with Crippen molar-refractivity contribution in [2.45, 2.75) is 19.9 Å². The molecular formula is C20H21F3N4O3. The van der Waals surface area contributed by atoms with Gasteiger partial charge in [0.05, 0.1) is 12.2 Å². The van der Waals surface area contributed by atoms with Crippen LogP contribution in [-0.4, -0.2) is 30.4 Å². The van der Waals surface area contributed by atoms with Crippen molar-refractivity contribution >= 4 is 29.2 Å². The lowest BCUT2D eigenvalue weighted by molar-refractivity contribution is -0.126. The van der Waals surface area contributed by atoms with Gasteiger partial charge in [-0.3, -0.25) is 9.59 Å². The summed E-state index contributed by atoms with van der Waals surface area (Å²) in [5.41, 5.74) is -0.0280. The molecule has 160 valence electrons. The van der Waals surface area contributed by atoms with E-state index < -0.39 is 53.6 Å². The topological polar surface area (TPSA) is 99.3 Å². The molecule has 1 atom stereocenters. The van der Waals surface area contributed by atoms with E-state index in [-0.39, 0.29) is 5.92 Å². The van der Waals surface area contributed by atoms with Crippen LogP contribution in [0.25, 0.3) is 0 Å². The zero-order valence-electron chi connectivity index (χ0n) is 16.3. The summed E-state index contributed by atoms with van der Waals surface area (Å²) < 4.78 is 39.8. The third-order valence-electron chi connectivity index (χ3n) is 4.00. The number of anilines is 2. The van der Waals surface area contributed by atoms with Crippen LogP contribution in [0, 0.1) is 23.4 Å². The minimum Gasteiger partial charge on any atom is -0.345 e. The molecule has 0 aliphatic heterocycles. The molecular weight excluding hydrogens is 401 g/mol. The maximum Gasteiger partial charge on any atom is 0.319 e. The summed E-state index contributed by atoms with van der Waals surface area (Å²) in [5.74, 6) is -6.46. The smallest absolute Gasteiger partial charge is 0.319 e. The predicted octanol–water partition coefficient (Wildman–Crippen LogP) is 3.00. The van der Waals surface area contributed by atoms with Crippen LogP contribution in [0.15, 0.2) is 42.5 Å². The van der Waals surface area contributed by atoms with E-state index in [9.17, 15) is 27.6 Å². The van der Waals surface area contributed by atoms with Gasteiger partial charge in [-0.05, 0) is 30.2 Å². The van der Waals surface area contributed by atoms with Crippen LogP contribution < -0.4 is 21.3 Å². The van der Waals surface area contributed by atoms with E-state index in [1.165, 1.54) is 0 Å². The number of nitrogens with one attached hydrogen (secondary N) is 4. The van der Waals surface area contributed by atoms with Crippen LogP contribution in [0.3, 0.4) is 0 Å². The summed E-state index contributed by atoms with van der Waals surface area (Å²) >= 11 is 0. The molecule has 2 aromatic rings. The summed E-state index contributed by atoms with van der Waals surface area (Å²) in [5, 5.41) is 9.45. The summed E-state index contributed by atoms with van der Waals surface area (Å²) in [6.45, 7) is 2.83. The zero-order chi connectivity index (χ0) is 22.3. The SMILES string of the molecule is CC(C)C(NC(=O)Nc1ccccc1)C(=O)NCC(=O)Nc1ccc(F)c(F)c1F. The molecule has 2 aromatic carbocycles. The molecule has 7 nitrogen and oxygen atoms in total. The van der Waals surface area contributed by atoms with Gasteiger partial charge < -0.3 is 21.3 Å².